The summed E-state index contributed by atoms with van der Waals surface area (Å²) in [6, 6.07) is 3.68. The van der Waals surface area contributed by atoms with Gasteiger partial charge >= 0.3 is 5.69 Å². The number of hydrogen-bond donors (Lipinski definition) is 1. The van der Waals surface area contributed by atoms with E-state index in [0.29, 0.717) is 28.6 Å². The van der Waals surface area contributed by atoms with Gasteiger partial charge in [0, 0.05) is 17.2 Å². The van der Waals surface area contributed by atoms with E-state index in [-0.39, 0.29) is 38.7 Å². The Hall–Kier alpha value is -2.77. The normalized spacial score (nSPS) is 41.3. The molecule has 1 aromatic rings. The van der Waals surface area contributed by atoms with Crippen molar-refractivity contribution >= 4 is 22.8 Å². The third-order valence-corrected chi connectivity index (χ3v) is 14.5. The monoisotopic (exact) mass is 604 g/mol. The summed E-state index contributed by atoms with van der Waals surface area (Å²) in [7, 11) is 0. The second kappa shape index (κ2) is 9.86. The highest BCUT2D eigenvalue weighted by molar-refractivity contribution is 5.91. The quantitative estimate of drug-likeness (QED) is 0.209. The molecule has 8 heteroatoms. The Bertz CT molecular complexity index is 1460. The van der Waals surface area contributed by atoms with Crippen molar-refractivity contribution in [3.05, 3.63) is 50.1 Å². The third-order valence-electron chi connectivity index (χ3n) is 14.5. The Morgan fingerprint density at radius 2 is 1.57 bits per heavy atom. The molecule has 7 unspecified atom stereocenters. The van der Waals surface area contributed by atoms with E-state index in [2.05, 4.69) is 66.9 Å². The Balaban J connectivity index is 1.30. The summed E-state index contributed by atoms with van der Waals surface area (Å²) in [5.74, 6) is 1.76. The summed E-state index contributed by atoms with van der Waals surface area (Å²) >= 11 is 0. The van der Waals surface area contributed by atoms with Crippen LogP contribution in [0.15, 0.2) is 34.9 Å². The first-order chi connectivity index (χ1) is 20.4. The lowest BCUT2D eigenvalue weighted by atomic mass is 9.33. The summed E-state index contributed by atoms with van der Waals surface area (Å²) in [6.07, 6.45) is 14.8. The number of benzene rings is 1. The highest BCUT2D eigenvalue weighted by Gasteiger charge is 2.67. The second-order valence-electron chi connectivity index (χ2n) is 17.5. The maximum atomic E-state index is 11.7. The second-order valence-corrected chi connectivity index (χ2v) is 17.5. The van der Waals surface area contributed by atoms with Gasteiger partial charge in [-0.1, -0.05) is 67.0 Å². The van der Waals surface area contributed by atoms with Crippen molar-refractivity contribution in [1.82, 2.24) is 0 Å². The standard InChI is InChI=1S/C36H52N4O4/c1-31(2)17-18-33(5)19-20-35(7)24(25(33)22-31)10-12-29-34(6)15-14-30(32(3,4)28(34)13-16-36(29,35)8)38-37-26-11-9-23(39(41)42)21-27(26)40(43)44/h9-11,21,25,28-29,37H,12-20,22H2,1-8H3/b38-30+. The van der Waals surface area contributed by atoms with Gasteiger partial charge in [0.15, 0.2) is 0 Å². The molecule has 5 aliphatic carbocycles. The van der Waals surface area contributed by atoms with Crippen molar-refractivity contribution in [2.24, 2.45) is 55.3 Å². The molecular formula is C36H52N4O4. The molecule has 4 fully saturated rings. The maximum absolute atomic E-state index is 11.7. The molecule has 0 spiro atoms. The van der Waals surface area contributed by atoms with Crippen molar-refractivity contribution in [1.29, 1.82) is 0 Å². The number of non-ortho nitro benzene ring substituents is 1. The van der Waals surface area contributed by atoms with Crippen LogP contribution in [0.4, 0.5) is 17.1 Å². The Morgan fingerprint density at radius 1 is 0.864 bits per heavy atom. The summed E-state index contributed by atoms with van der Waals surface area (Å²) in [4.78, 5) is 21.7. The van der Waals surface area contributed by atoms with Crippen molar-refractivity contribution in [3.8, 4) is 0 Å². The number of anilines is 1. The van der Waals surface area contributed by atoms with E-state index in [0.717, 1.165) is 37.5 Å². The molecule has 1 aromatic carbocycles. The molecule has 0 bridgehead atoms. The molecule has 44 heavy (non-hydrogen) atoms. The molecule has 7 atom stereocenters. The van der Waals surface area contributed by atoms with Crippen molar-refractivity contribution in [2.45, 2.75) is 120 Å². The number of hydrogen-bond acceptors (Lipinski definition) is 6. The zero-order valence-corrected chi connectivity index (χ0v) is 28.1. The highest BCUT2D eigenvalue weighted by Crippen LogP contribution is 2.75. The van der Waals surface area contributed by atoms with Gasteiger partial charge in [-0.25, -0.2) is 0 Å². The molecular weight excluding hydrogens is 552 g/mol. The van der Waals surface area contributed by atoms with E-state index in [1.54, 1.807) is 5.57 Å². The number of hydrazone groups is 1. The van der Waals surface area contributed by atoms with Crippen LogP contribution in [0.5, 0.6) is 0 Å². The minimum atomic E-state index is -0.615. The van der Waals surface area contributed by atoms with Crippen molar-refractivity contribution in [3.63, 3.8) is 0 Å². The Morgan fingerprint density at radius 3 is 2.25 bits per heavy atom. The van der Waals surface area contributed by atoms with E-state index >= 15 is 0 Å². The fourth-order valence-electron chi connectivity index (χ4n) is 11.5. The van der Waals surface area contributed by atoms with Gasteiger partial charge in [-0.15, -0.1) is 0 Å². The van der Waals surface area contributed by atoms with Gasteiger partial charge in [0.1, 0.15) is 5.69 Å². The molecule has 5 aliphatic rings. The molecule has 0 aromatic heterocycles. The number of rotatable bonds is 4. The Labute approximate surface area is 262 Å². The van der Waals surface area contributed by atoms with Crippen LogP contribution in [0.1, 0.15) is 120 Å². The van der Waals surface area contributed by atoms with Gasteiger partial charge in [0.2, 0.25) is 0 Å². The first-order valence-corrected chi connectivity index (χ1v) is 16.8. The van der Waals surface area contributed by atoms with Gasteiger partial charge in [-0.2, -0.15) is 5.10 Å². The van der Waals surface area contributed by atoms with E-state index < -0.39 is 9.85 Å². The van der Waals surface area contributed by atoms with Gasteiger partial charge in [-0.05, 0) is 115 Å². The molecule has 0 saturated heterocycles. The maximum Gasteiger partial charge on any atom is 0.301 e. The largest absolute Gasteiger partial charge is 0.301 e. The number of allylic oxidation sites excluding steroid dienone is 2. The lowest BCUT2D eigenvalue weighted by Gasteiger charge is -2.71. The predicted molar refractivity (Wildman–Crippen MR) is 176 cm³/mol. The fourth-order valence-corrected chi connectivity index (χ4v) is 11.5. The fraction of sp³-hybridized carbons (Fsp3) is 0.750. The van der Waals surface area contributed by atoms with Crippen LogP contribution in [-0.2, 0) is 0 Å². The molecule has 0 heterocycles. The van der Waals surface area contributed by atoms with Crippen molar-refractivity contribution in [2.75, 3.05) is 5.43 Å². The number of fused-ring (bicyclic) bond motifs is 7. The summed E-state index contributed by atoms with van der Waals surface area (Å²) in [6.45, 7) is 20.0. The molecule has 0 radical (unpaired) electrons. The van der Waals surface area contributed by atoms with Gasteiger partial charge in [-0.3, -0.25) is 25.7 Å². The molecule has 6 rings (SSSR count). The zero-order chi connectivity index (χ0) is 32.1. The lowest BCUT2D eigenvalue weighted by molar-refractivity contribution is -0.393. The van der Waals surface area contributed by atoms with Gasteiger partial charge in [0.25, 0.3) is 5.69 Å². The third kappa shape index (κ3) is 4.39. The molecule has 240 valence electrons. The van der Waals surface area contributed by atoms with Crippen molar-refractivity contribution < 1.29 is 9.85 Å². The van der Waals surface area contributed by atoms with Gasteiger partial charge in [0.05, 0.1) is 15.9 Å². The van der Waals surface area contributed by atoms with E-state index in [1.165, 1.54) is 50.7 Å². The number of nitro groups is 2. The molecule has 1 N–H and O–H groups in total. The molecule has 0 amide bonds. The van der Waals surface area contributed by atoms with Crippen LogP contribution >= 0.6 is 0 Å². The van der Waals surface area contributed by atoms with Crippen LogP contribution in [-0.4, -0.2) is 15.6 Å². The van der Waals surface area contributed by atoms with E-state index in [4.69, 9.17) is 5.10 Å². The topological polar surface area (TPSA) is 111 Å². The molecule has 0 aliphatic heterocycles. The smallest absolute Gasteiger partial charge is 0.272 e. The number of nitrogens with one attached hydrogen (secondary N) is 1. The molecule has 8 nitrogen and oxygen atoms in total. The molecule has 4 saturated carbocycles. The minimum absolute atomic E-state index is 0.173. The van der Waals surface area contributed by atoms with Crippen LogP contribution in [0.2, 0.25) is 0 Å². The first kappa shape index (κ1) is 31.2. The Kier molecular flexibility index (Phi) is 7.00. The number of nitrogens with zero attached hydrogens (tertiary/aromatic N) is 3. The SMILES string of the molecule is CC1(C)CCC2(C)CCC3(C)C(=CCC4C5(C)CC/C(=N\Nc6ccc([N+](=O)[O-])cc6[N+](=O)[O-])C(C)(C)C5CCC43C)C2C1. The van der Waals surface area contributed by atoms with Crippen LogP contribution < -0.4 is 5.43 Å². The average Bonchev–Trinajstić information content (AvgIpc) is 2.93. The number of nitro benzene ring substituents is 2. The predicted octanol–water partition coefficient (Wildman–Crippen LogP) is 10.1. The highest BCUT2D eigenvalue weighted by atomic mass is 16.6. The summed E-state index contributed by atoms with van der Waals surface area (Å²) in [5.41, 5.74) is 6.66. The van der Waals surface area contributed by atoms with Crippen LogP contribution in [0.3, 0.4) is 0 Å². The minimum Gasteiger partial charge on any atom is -0.272 e. The van der Waals surface area contributed by atoms with E-state index in [9.17, 15) is 20.2 Å². The van der Waals surface area contributed by atoms with E-state index in [1.807, 2.05) is 0 Å². The average molecular weight is 605 g/mol. The summed E-state index contributed by atoms with van der Waals surface area (Å²) in [5, 5.41) is 27.7. The van der Waals surface area contributed by atoms with Crippen LogP contribution in [0.25, 0.3) is 0 Å². The summed E-state index contributed by atoms with van der Waals surface area (Å²) < 4.78 is 0. The first-order valence-electron chi connectivity index (χ1n) is 16.8. The van der Waals surface area contributed by atoms with Gasteiger partial charge < -0.3 is 0 Å². The van der Waals surface area contributed by atoms with Crippen LogP contribution in [0, 0.1) is 70.5 Å². The zero-order valence-electron chi connectivity index (χ0n) is 28.1. The lowest BCUT2D eigenvalue weighted by Crippen LogP contribution is -2.64.